The van der Waals surface area contributed by atoms with Gasteiger partial charge in [-0.05, 0) is 48.9 Å². The molecular weight excluding hydrogens is 386 g/mol. The van der Waals surface area contributed by atoms with Crippen LogP contribution < -0.4 is 10.1 Å². The Morgan fingerprint density at radius 2 is 1.87 bits per heavy atom. The molecule has 3 aromatic rings. The number of unbranched alkanes of at least 4 members (excludes halogenated alkanes) is 1. The molecule has 0 radical (unpaired) electrons. The van der Waals surface area contributed by atoms with Crippen molar-refractivity contribution in [1.29, 1.82) is 0 Å². The summed E-state index contributed by atoms with van der Waals surface area (Å²) in [7, 11) is 0. The second-order valence-corrected chi connectivity index (χ2v) is 8.27. The summed E-state index contributed by atoms with van der Waals surface area (Å²) in [5, 5.41) is 3.00. The van der Waals surface area contributed by atoms with Crippen LogP contribution in [0.4, 0.5) is 0 Å². The predicted octanol–water partition coefficient (Wildman–Crippen LogP) is 5.48. The first kappa shape index (κ1) is 22.9. The molecule has 0 saturated carbocycles. The largest absolute Gasteiger partial charge is 0.493 e. The van der Waals surface area contributed by atoms with E-state index in [0.717, 1.165) is 54.8 Å². The zero-order chi connectivity index (χ0) is 22.1. The van der Waals surface area contributed by atoms with Crippen LogP contribution in [-0.4, -0.2) is 28.6 Å². The topological polar surface area (TPSA) is 56.2 Å². The van der Waals surface area contributed by atoms with Crippen molar-refractivity contribution in [3.8, 4) is 5.75 Å². The SMILES string of the molecule is CCCC(=O)NCCc1nc2ccccc2n1CCCCOc1ccccc1C(C)C. The van der Waals surface area contributed by atoms with Gasteiger partial charge in [-0.2, -0.15) is 0 Å². The Kier molecular flexibility index (Phi) is 8.51. The Bertz CT molecular complexity index is 978. The average Bonchev–Trinajstić information content (AvgIpc) is 3.11. The maximum absolute atomic E-state index is 11.8. The maximum atomic E-state index is 11.8. The van der Waals surface area contributed by atoms with Gasteiger partial charge in [0.05, 0.1) is 17.6 Å². The number of aromatic nitrogens is 2. The summed E-state index contributed by atoms with van der Waals surface area (Å²) < 4.78 is 8.37. The van der Waals surface area contributed by atoms with Gasteiger partial charge >= 0.3 is 0 Å². The molecule has 2 aromatic carbocycles. The number of nitrogens with zero attached hydrogens (tertiary/aromatic N) is 2. The lowest BCUT2D eigenvalue weighted by Crippen LogP contribution is -2.26. The number of nitrogens with one attached hydrogen (secondary N) is 1. The van der Waals surface area contributed by atoms with Gasteiger partial charge in [0.2, 0.25) is 5.91 Å². The molecule has 0 aliphatic rings. The number of fused-ring (bicyclic) bond motifs is 1. The van der Waals surface area contributed by atoms with Gasteiger partial charge in [-0.1, -0.05) is 51.1 Å². The molecule has 0 bridgehead atoms. The molecule has 0 unspecified atom stereocenters. The molecule has 0 spiro atoms. The third-order valence-corrected chi connectivity index (χ3v) is 5.46. The van der Waals surface area contributed by atoms with Crippen LogP contribution in [0.25, 0.3) is 11.0 Å². The highest BCUT2D eigenvalue weighted by Gasteiger charge is 2.11. The van der Waals surface area contributed by atoms with Gasteiger partial charge in [0.1, 0.15) is 11.6 Å². The summed E-state index contributed by atoms with van der Waals surface area (Å²) in [6.45, 7) is 8.63. The smallest absolute Gasteiger partial charge is 0.219 e. The maximum Gasteiger partial charge on any atom is 0.219 e. The lowest BCUT2D eigenvalue weighted by molar-refractivity contribution is -0.121. The van der Waals surface area contributed by atoms with Gasteiger partial charge < -0.3 is 14.6 Å². The van der Waals surface area contributed by atoms with Crippen LogP contribution >= 0.6 is 0 Å². The fourth-order valence-electron chi connectivity index (χ4n) is 3.84. The van der Waals surface area contributed by atoms with Crippen LogP contribution in [0.1, 0.15) is 63.8 Å². The highest BCUT2D eigenvalue weighted by molar-refractivity contribution is 5.76. The van der Waals surface area contributed by atoms with E-state index in [1.807, 2.05) is 19.1 Å². The molecule has 0 fully saturated rings. The molecule has 1 N–H and O–H groups in total. The Morgan fingerprint density at radius 3 is 2.68 bits per heavy atom. The van der Waals surface area contributed by atoms with Crippen LogP contribution in [0.5, 0.6) is 5.75 Å². The van der Waals surface area contributed by atoms with E-state index in [1.165, 1.54) is 5.56 Å². The molecule has 5 heteroatoms. The summed E-state index contributed by atoms with van der Waals surface area (Å²) in [4.78, 5) is 16.6. The molecule has 31 heavy (non-hydrogen) atoms. The van der Waals surface area contributed by atoms with Gasteiger partial charge in [0.25, 0.3) is 0 Å². The highest BCUT2D eigenvalue weighted by atomic mass is 16.5. The van der Waals surface area contributed by atoms with Crippen molar-refractivity contribution >= 4 is 16.9 Å². The summed E-state index contributed by atoms with van der Waals surface area (Å²) >= 11 is 0. The van der Waals surface area contributed by atoms with Crippen LogP contribution in [0.15, 0.2) is 48.5 Å². The van der Waals surface area contributed by atoms with Crippen LogP contribution in [0, 0.1) is 0 Å². The average molecular weight is 422 g/mol. The molecule has 1 amide bonds. The minimum absolute atomic E-state index is 0.115. The second kappa shape index (κ2) is 11.5. The van der Waals surface area contributed by atoms with Crippen LogP contribution in [-0.2, 0) is 17.8 Å². The van der Waals surface area contributed by atoms with E-state index in [4.69, 9.17) is 9.72 Å². The lowest BCUT2D eigenvalue weighted by atomic mass is 10.0. The lowest BCUT2D eigenvalue weighted by Gasteiger charge is -2.14. The third-order valence-electron chi connectivity index (χ3n) is 5.46. The predicted molar refractivity (Wildman–Crippen MR) is 127 cm³/mol. The number of aryl methyl sites for hydroxylation is 1. The number of ether oxygens (including phenoxy) is 1. The quantitative estimate of drug-likeness (QED) is 0.394. The molecule has 1 heterocycles. The number of amides is 1. The van der Waals surface area contributed by atoms with Crippen molar-refractivity contribution in [3.63, 3.8) is 0 Å². The molecule has 5 nitrogen and oxygen atoms in total. The number of carbonyl (C=O) groups excluding carboxylic acids is 1. The van der Waals surface area contributed by atoms with Crippen LogP contribution in [0.2, 0.25) is 0 Å². The van der Waals surface area contributed by atoms with E-state index < -0.39 is 0 Å². The Labute approximate surface area is 185 Å². The van der Waals surface area contributed by atoms with Gasteiger partial charge in [0.15, 0.2) is 0 Å². The van der Waals surface area contributed by atoms with Crippen molar-refractivity contribution < 1.29 is 9.53 Å². The number of para-hydroxylation sites is 3. The fraction of sp³-hybridized carbons (Fsp3) is 0.462. The van der Waals surface area contributed by atoms with E-state index in [1.54, 1.807) is 0 Å². The molecular formula is C26H35N3O2. The number of hydrogen-bond donors (Lipinski definition) is 1. The summed E-state index contributed by atoms with van der Waals surface area (Å²) in [5.41, 5.74) is 3.43. The minimum atomic E-state index is 0.115. The number of carbonyl (C=O) groups is 1. The first-order valence-corrected chi connectivity index (χ1v) is 11.5. The van der Waals surface area contributed by atoms with E-state index in [2.05, 4.69) is 60.1 Å². The Hall–Kier alpha value is -2.82. The van der Waals surface area contributed by atoms with Crippen molar-refractivity contribution in [1.82, 2.24) is 14.9 Å². The molecule has 3 rings (SSSR count). The van der Waals surface area contributed by atoms with Crippen molar-refractivity contribution in [2.45, 2.75) is 65.3 Å². The Morgan fingerprint density at radius 1 is 1.10 bits per heavy atom. The molecule has 0 aliphatic carbocycles. The van der Waals surface area contributed by atoms with Gasteiger partial charge in [0, 0.05) is 25.9 Å². The van der Waals surface area contributed by atoms with Gasteiger partial charge in [-0.25, -0.2) is 4.98 Å². The van der Waals surface area contributed by atoms with E-state index in [9.17, 15) is 4.79 Å². The third kappa shape index (κ3) is 6.33. The molecule has 166 valence electrons. The molecule has 0 atom stereocenters. The number of benzene rings is 2. The number of rotatable bonds is 12. The van der Waals surface area contributed by atoms with E-state index in [0.29, 0.717) is 25.5 Å². The minimum Gasteiger partial charge on any atom is -0.493 e. The monoisotopic (exact) mass is 421 g/mol. The summed E-state index contributed by atoms with van der Waals surface area (Å²) in [6, 6.07) is 16.6. The zero-order valence-corrected chi connectivity index (χ0v) is 19.1. The zero-order valence-electron chi connectivity index (χ0n) is 19.1. The van der Waals surface area contributed by atoms with Gasteiger partial charge in [-0.3, -0.25) is 4.79 Å². The number of hydrogen-bond acceptors (Lipinski definition) is 3. The van der Waals surface area contributed by atoms with Crippen molar-refractivity contribution in [3.05, 3.63) is 59.9 Å². The summed E-state index contributed by atoms with van der Waals surface area (Å²) in [6.07, 6.45) is 4.18. The second-order valence-electron chi connectivity index (χ2n) is 8.27. The molecule has 0 aliphatic heterocycles. The molecule has 1 aromatic heterocycles. The fourth-order valence-corrected chi connectivity index (χ4v) is 3.84. The Balaban J connectivity index is 1.56. The van der Waals surface area contributed by atoms with Crippen molar-refractivity contribution in [2.75, 3.05) is 13.2 Å². The van der Waals surface area contributed by atoms with Crippen LogP contribution in [0.3, 0.4) is 0 Å². The normalized spacial score (nSPS) is 11.2. The van der Waals surface area contributed by atoms with E-state index >= 15 is 0 Å². The summed E-state index contributed by atoms with van der Waals surface area (Å²) in [5.74, 6) is 2.59. The molecule has 0 saturated heterocycles. The van der Waals surface area contributed by atoms with Gasteiger partial charge in [-0.15, -0.1) is 0 Å². The first-order chi connectivity index (χ1) is 15.1. The first-order valence-electron chi connectivity index (χ1n) is 11.5. The van der Waals surface area contributed by atoms with E-state index in [-0.39, 0.29) is 5.91 Å². The van der Waals surface area contributed by atoms with Crippen molar-refractivity contribution in [2.24, 2.45) is 0 Å². The highest BCUT2D eigenvalue weighted by Crippen LogP contribution is 2.26. The number of imidazole rings is 1. The standard InChI is InChI=1S/C26H35N3O2/c1-4-11-26(30)27-17-16-25-28-22-13-6-7-14-23(22)29(25)18-9-10-19-31-24-15-8-5-12-21(24)20(2)3/h5-8,12-15,20H,4,9-11,16-19H2,1-3H3,(H,27,30).